The van der Waals surface area contributed by atoms with Crippen molar-refractivity contribution in [2.24, 2.45) is 0 Å². The van der Waals surface area contributed by atoms with Crippen LogP contribution < -0.4 is 5.32 Å². The first-order valence-electron chi connectivity index (χ1n) is 7.76. The molecule has 0 aliphatic rings. The van der Waals surface area contributed by atoms with E-state index in [1.165, 1.54) is 0 Å². The third-order valence-electron chi connectivity index (χ3n) is 3.34. The van der Waals surface area contributed by atoms with Gasteiger partial charge >= 0.3 is 5.97 Å². The molecule has 1 atom stereocenters. The molecule has 0 saturated carbocycles. The predicted octanol–water partition coefficient (Wildman–Crippen LogP) is 2.87. The first-order chi connectivity index (χ1) is 10.2. The first kappa shape index (κ1) is 17.7. The molecule has 1 N–H and O–H groups in total. The lowest BCUT2D eigenvalue weighted by Crippen LogP contribution is -2.51. The van der Waals surface area contributed by atoms with Gasteiger partial charge in [0.25, 0.3) is 0 Å². The van der Waals surface area contributed by atoms with E-state index in [9.17, 15) is 4.79 Å². The molecule has 0 heterocycles. The Labute approximate surface area is 127 Å². The summed E-state index contributed by atoms with van der Waals surface area (Å²) in [5.74, 6) is -0.238. The van der Waals surface area contributed by atoms with Crippen molar-refractivity contribution in [2.45, 2.75) is 39.2 Å². The van der Waals surface area contributed by atoms with E-state index in [-0.39, 0.29) is 5.97 Å². The number of esters is 1. The molecule has 0 spiro atoms. The van der Waals surface area contributed by atoms with Crippen molar-refractivity contribution >= 4 is 5.97 Å². The molecule has 0 radical (unpaired) electrons. The second-order valence-corrected chi connectivity index (χ2v) is 4.88. The zero-order chi connectivity index (χ0) is 15.6. The molecule has 0 fully saturated rings. The Morgan fingerprint density at radius 1 is 1.14 bits per heavy atom. The molecule has 1 rings (SSSR count). The minimum absolute atomic E-state index is 0.238. The Hall–Kier alpha value is -1.39. The fraction of sp³-hybridized carbons (Fsp3) is 0.588. The van der Waals surface area contributed by atoms with Crippen LogP contribution in [0.2, 0.25) is 0 Å². The summed E-state index contributed by atoms with van der Waals surface area (Å²) in [7, 11) is 0. The molecule has 0 amide bonds. The quantitative estimate of drug-likeness (QED) is 0.532. The van der Waals surface area contributed by atoms with Gasteiger partial charge in [-0.15, -0.1) is 0 Å². The maximum Gasteiger partial charge on any atom is 0.331 e. The van der Waals surface area contributed by atoms with Crippen LogP contribution in [0, 0.1) is 0 Å². The number of nitrogens with one attached hydrogen (secondary N) is 1. The summed E-state index contributed by atoms with van der Waals surface area (Å²) in [4.78, 5) is 12.6. The minimum Gasteiger partial charge on any atom is -0.464 e. The summed E-state index contributed by atoms with van der Waals surface area (Å²) in [5.41, 5.74) is 0.0881. The van der Waals surface area contributed by atoms with E-state index in [0.717, 1.165) is 12.0 Å². The predicted molar refractivity (Wildman–Crippen MR) is 84.2 cm³/mol. The summed E-state index contributed by atoms with van der Waals surface area (Å²) >= 11 is 0. The number of hydrogen-bond donors (Lipinski definition) is 1. The van der Waals surface area contributed by atoms with E-state index >= 15 is 0 Å². The third kappa shape index (κ3) is 4.83. The molecule has 1 unspecified atom stereocenters. The van der Waals surface area contributed by atoms with Crippen LogP contribution in [0.1, 0.15) is 39.2 Å². The van der Waals surface area contributed by atoms with Gasteiger partial charge in [-0.2, -0.15) is 0 Å². The fourth-order valence-corrected chi connectivity index (χ4v) is 2.38. The average Bonchev–Trinajstić information content (AvgIpc) is 2.51. The first-order valence-corrected chi connectivity index (χ1v) is 7.76. The van der Waals surface area contributed by atoms with Crippen LogP contribution in [-0.4, -0.2) is 32.3 Å². The van der Waals surface area contributed by atoms with Gasteiger partial charge in [-0.25, -0.2) is 4.79 Å². The number of ether oxygens (including phenoxy) is 2. The van der Waals surface area contributed by atoms with E-state index in [2.05, 4.69) is 12.2 Å². The van der Waals surface area contributed by atoms with Gasteiger partial charge in [-0.3, -0.25) is 5.32 Å². The number of carbonyl (C=O) groups is 1. The van der Waals surface area contributed by atoms with Gasteiger partial charge in [-0.05, 0) is 25.5 Å². The standard InChI is InChI=1S/C17H27NO3/c1-4-13-20-14-12-17(18-5-2,16(19)21-6-3)15-10-8-7-9-11-15/h7-11,18H,4-6,12-14H2,1-3H3. The highest BCUT2D eigenvalue weighted by Crippen LogP contribution is 2.27. The molecule has 1 aromatic carbocycles. The Bertz CT molecular complexity index is 408. The molecule has 0 aliphatic carbocycles. The van der Waals surface area contributed by atoms with Crippen LogP contribution in [0.15, 0.2) is 30.3 Å². The van der Waals surface area contributed by atoms with Crippen LogP contribution >= 0.6 is 0 Å². The fourth-order valence-electron chi connectivity index (χ4n) is 2.38. The SMILES string of the molecule is CCCOCCC(NCC)(C(=O)OCC)c1ccccc1. The molecule has 0 bridgehead atoms. The van der Waals surface area contributed by atoms with E-state index in [1.54, 1.807) is 0 Å². The zero-order valence-electron chi connectivity index (χ0n) is 13.4. The zero-order valence-corrected chi connectivity index (χ0v) is 13.4. The highest BCUT2D eigenvalue weighted by molar-refractivity contribution is 5.82. The topological polar surface area (TPSA) is 47.6 Å². The van der Waals surface area contributed by atoms with Crippen molar-refractivity contribution in [3.63, 3.8) is 0 Å². The lowest BCUT2D eigenvalue weighted by atomic mass is 9.86. The molecule has 1 aromatic rings. The van der Waals surface area contributed by atoms with Crippen molar-refractivity contribution in [3.8, 4) is 0 Å². The van der Waals surface area contributed by atoms with Crippen LogP contribution in [0.5, 0.6) is 0 Å². The van der Waals surface area contributed by atoms with Crippen molar-refractivity contribution in [3.05, 3.63) is 35.9 Å². The van der Waals surface area contributed by atoms with Gasteiger partial charge in [0.2, 0.25) is 0 Å². The highest BCUT2D eigenvalue weighted by Gasteiger charge is 2.40. The molecular formula is C17H27NO3. The molecule has 0 saturated heterocycles. The number of likely N-dealkylation sites (N-methyl/N-ethyl adjacent to an activating group) is 1. The summed E-state index contributed by atoms with van der Waals surface area (Å²) in [6.07, 6.45) is 1.53. The smallest absolute Gasteiger partial charge is 0.331 e. The van der Waals surface area contributed by atoms with Crippen LogP contribution in [-0.2, 0) is 19.8 Å². The molecule has 0 aliphatic heterocycles. The summed E-state index contributed by atoms with van der Waals surface area (Å²) < 4.78 is 10.9. The molecular weight excluding hydrogens is 266 g/mol. The Morgan fingerprint density at radius 3 is 2.43 bits per heavy atom. The Morgan fingerprint density at radius 2 is 1.86 bits per heavy atom. The lowest BCUT2D eigenvalue weighted by molar-refractivity contribution is -0.152. The minimum atomic E-state index is -0.834. The van der Waals surface area contributed by atoms with Crippen molar-refractivity contribution in [1.29, 1.82) is 0 Å². The van der Waals surface area contributed by atoms with Gasteiger partial charge in [0.05, 0.1) is 6.61 Å². The van der Waals surface area contributed by atoms with Gasteiger partial charge in [-0.1, -0.05) is 44.2 Å². The van der Waals surface area contributed by atoms with Gasteiger partial charge in [0.15, 0.2) is 0 Å². The second-order valence-electron chi connectivity index (χ2n) is 4.88. The van der Waals surface area contributed by atoms with Crippen LogP contribution in [0.4, 0.5) is 0 Å². The third-order valence-corrected chi connectivity index (χ3v) is 3.34. The molecule has 4 heteroatoms. The second kappa shape index (κ2) is 9.53. The maximum absolute atomic E-state index is 12.6. The largest absolute Gasteiger partial charge is 0.464 e. The lowest BCUT2D eigenvalue weighted by Gasteiger charge is -2.32. The molecule has 118 valence electrons. The van der Waals surface area contributed by atoms with Crippen molar-refractivity contribution in [2.75, 3.05) is 26.4 Å². The highest BCUT2D eigenvalue weighted by atomic mass is 16.5. The number of hydrogen-bond acceptors (Lipinski definition) is 4. The number of rotatable bonds is 10. The van der Waals surface area contributed by atoms with E-state index in [4.69, 9.17) is 9.47 Å². The molecule has 21 heavy (non-hydrogen) atoms. The molecule has 4 nitrogen and oxygen atoms in total. The van der Waals surface area contributed by atoms with Crippen molar-refractivity contribution in [1.82, 2.24) is 5.32 Å². The summed E-state index contributed by atoms with van der Waals surface area (Å²) in [6.45, 7) is 8.17. The average molecular weight is 293 g/mol. The monoisotopic (exact) mass is 293 g/mol. The van der Waals surface area contributed by atoms with Crippen LogP contribution in [0.3, 0.4) is 0 Å². The van der Waals surface area contributed by atoms with Crippen LogP contribution in [0.25, 0.3) is 0 Å². The van der Waals surface area contributed by atoms with E-state index in [0.29, 0.717) is 32.8 Å². The summed E-state index contributed by atoms with van der Waals surface area (Å²) in [5, 5.41) is 3.32. The van der Waals surface area contributed by atoms with Gasteiger partial charge < -0.3 is 9.47 Å². The Balaban J connectivity index is 3.01. The molecule has 0 aromatic heterocycles. The van der Waals surface area contributed by atoms with Gasteiger partial charge in [0.1, 0.15) is 5.54 Å². The summed E-state index contributed by atoms with van der Waals surface area (Å²) in [6, 6.07) is 9.73. The normalized spacial score (nSPS) is 13.7. The maximum atomic E-state index is 12.6. The Kier molecular flexibility index (Phi) is 8.01. The van der Waals surface area contributed by atoms with E-state index in [1.807, 2.05) is 44.2 Å². The van der Waals surface area contributed by atoms with Gasteiger partial charge in [0, 0.05) is 19.6 Å². The van der Waals surface area contributed by atoms with Crippen molar-refractivity contribution < 1.29 is 14.3 Å². The number of benzene rings is 1. The number of carbonyl (C=O) groups excluding carboxylic acids is 1. The van der Waals surface area contributed by atoms with E-state index < -0.39 is 5.54 Å².